The first-order chi connectivity index (χ1) is 6.16. The number of carbonyl (C=O) groups excluding carboxylic acids is 2. The summed E-state index contributed by atoms with van der Waals surface area (Å²) in [5.74, 6) is -1.74. The van der Waals surface area contributed by atoms with Crippen LogP contribution in [0.25, 0.3) is 0 Å². The molecule has 0 saturated carbocycles. The molecule has 0 aliphatic heterocycles. The van der Waals surface area contributed by atoms with Crippen molar-refractivity contribution in [1.29, 1.82) is 0 Å². The van der Waals surface area contributed by atoms with Crippen molar-refractivity contribution in [3.63, 3.8) is 0 Å². The third kappa shape index (κ3) is 2.03. The van der Waals surface area contributed by atoms with Crippen LogP contribution in [0.15, 0.2) is 18.3 Å². The van der Waals surface area contributed by atoms with Crippen molar-refractivity contribution in [2.24, 2.45) is 0 Å². The van der Waals surface area contributed by atoms with Crippen LogP contribution in [0.5, 0.6) is 0 Å². The molecule has 1 aromatic heterocycles. The molecule has 0 amide bonds. The Bertz CT molecular complexity index is 351. The quantitative estimate of drug-likeness (QED) is 0.310. The molecule has 0 saturated heterocycles. The Kier molecular flexibility index (Phi) is 2.97. The SMILES string of the molecule is COC(=O)C(=O)c1cccnc1Cl. The smallest absolute Gasteiger partial charge is 0.379 e. The maximum absolute atomic E-state index is 11.2. The zero-order valence-electron chi connectivity index (χ0n) is 6.78. The zero-order chi connectivity index (χ0) is 9.84. The maximum atomic E-state index is 11.2. The van der Waals surface area contributed by atoms with Gasteiger partial charge in [0.15, 0.2) is 0 Å². The molecule has 1 rings (SSSR count). The average Bonchev–Trinajstić information content (AvgIpc) is 2.16. The molecule has 0 radical (unpaired) electrons. The summed E-state index contributed by atoms with van der Waals surface area (Å²) in [4.78, 5) is 25.7. The number of hydrogen-bond donors (Lipinski definition) is 0. The van der Waals surface area contributed by atoms with Crippen molar-refractivity contribution in [1.82, 2.24) is 4.98 Å². The van der Waals surface area contributed by atoms with Gasteiger partial charge in [-0.05, 0) is 12.1 Å². The van der Waals surface area contributed by atoms with Crippen LogP contribution in [-0.4, -0.2) is 23.8 Å². The summed E-state index contributed by atoms with van der Waals surface area (Å²) < 4.78 is 4.25. The van der Waals surface area contributed by atoms with E-state index in [-0.39, 0.29) is 10.7 Å². The van der Waals surface area contributed by atoms with E-state index in [1.54, 1.807) is 0 Å². The third-order valence-electron chi connectivity index (χ3n) is 1.37. The van der Waals surface area contributed by atoms with E-state index in [0.29, 0.717) is 0 Å². The summed E-state index contributed by atoms with van der Waals surface area (Å²) in [7, 11) is 1.13. The topological polar surface area (TPSA) is 56.3 Å². The number of halogens is 1. The number of esters is 1. The summed E-state index contributed by atoms with van der Waals surface area (Å²) in [6.45, 7) is 0. The van der Waals surface area contributed by atoms with Gasteiger partial charge in [-0.15, -0.1) is 0 Å². The first kappa shape index (κ1) is 9.67. The largest absolute Gasteiger partial charge is 0.463 e. The zero-order valence-corrected chi connectivity index (χ0v) is 7.54. The third-order valence-corrected chi connectivity index (χ3v) is 1.68. The predicted octanol–water partition coefficient (Wildman–Crippen LogP) is 1.09. The van der Waals surface area contributed by atoms with Crippen LogP contribution in [0.2, 0.25) is 5.15 Å². The Morgan fingerprint density at radius 1 is 1.54 bits per heavy atom. The number of carbonyl (C=O) groups is 2. The lowest BCUT2D eigenvalue weighted by molar-refractivity contribution is -0.135. The van der Waals surface area contributed by atoms with Crippen molar-refractivity contribution in [2.45, 2.75) is 0 Å². The van der Waals surface area contributed by atoms with Crippen LogP contribution in [-0.2, 0) is 9.53 Å². The van der Waals surface area contributed by atoms with Crippen molar-refractivity contribution in [2.75, 3.05) is 7.11 Å². The number of nitrogens with zero attached hydrogens (tertiary/aromatic N) is 1. The highest BCUT2D eigenvalue weighted by molar-refractivity contribution is 6.44. The van der Waals surface area contributed by atoms with Gasteiger partial charge >= 0.3 is 5.97 Å². The van der Waals surface area contributed by atoms with Gasteiger partial charge in [-0.1, -0.05) is 11.6 Å². The van der Waals surface area contributed by atoms with E-state index >= 15 is 0 Å². The number of rotatable bonds is 2. The minimum Gasteiger partial charge on any atom is -0.463 e. The lowest BCUT2D eigenvalue weighted by Crippen LogP contribution is -2.16. The monoisotopic (exact) mass is 199 g/mol. The van der Waals surface area contributed by atoms with Crippen molar-refractivity contribution in [3.05, 3.63) is 29.0 Å². The van der Waals surface area contributed by atoms with Crippen molar-refractivity contribution in [3.8, 4) is 0 Å². The molecule has 4 nitrogen and oxygen atoms in total. The molecule has 0 aliphatic carbocycles. The van der Waals surface area contributed by atoms with Crippen LogP contribution in [0.1, 0.15) is 10.4 Å². The lowest BCUT2D eigenvalue weighted by atomic mass is 10.2. The number of ether oxygens (including phenoxy) is 1. The molecular weight excluding hydrogens is 194 g/mol. The van der Waals surface area contributed by atoms with Gasteiger partial charge in [0.1, 0.15) is 5.15 Å². The van der Waals surface area contributed by atoms with E-state index in [0.717, 1.165) is 7.11 Å². The summed E-state index contributed by atoms with van der Waals surface area (Å²) in [6.07, 6.45) is 1.43. The molecule has 0 atom stereocenters. The molecule has 13 heavy (non-hydrogen) atoms. The second-order valence-corrected chi connectivity index (χ2v) is 2.52. The fourth-order valence-electron chi connectivity index (χ4n) is 0.758. The Morgan fingerprint density at radius 2 is 2.23 bits per heavy atom. The van der Waals surface area contributed by atoms with Crippen LogP contribution < -0.4 is 0 Å². The van der Waals surface area contributed by atoms with Crippen LogP contribution >= 0.6 is 11.6 Å². The summed E-state index contributed by atoms with van der Waals surface area (Å²) >= 11 is 5.58. The standard InChI is InChI=1S/C8H6ClNO3/c1-13-8(12)6(11)5-3-2-4-10-7(5)9/h2-4H,1H3. The predicted molar refractivity (Wildman–Crippen MR) is 45.6 cm³/mol. The average molecular weight is 200 g/mol. The minimum absolute atomic E-state index is 0.00194. The molecule has 0 aromatic carbocycles. The van der Waals surface area contributed by atoms with Gasteiger partial charge in [-0.3, -0.25) is 4.79 Å². The molecule has 0 bridgehead atoms. The van der Waals surface area contributed by atoms with E-state index < -0.39 is 11.8 Å². The Labute approximate surface area is 79.5 Å². The minimum atomic E-state index is -0.949. The molecule has 68 valence electrons. The Balaban J connectivity index is 3.02. The van der Waals surface area contributed by atoms with Crippen molar-refractivity contribution < 1.29 is 14.3 Å². The fourth-order valence-corrected chi connectivity index (χ4v) is 0.963. The number of methoxy groups -OCH3 is 1. The number of ketones is 1. The van der Waals surface area contributed by atoms with Gasteiger partial charge < -0.3 is 4.74 Å². The van der Waals surface area contributed by atoms with Crippen LogP contribution in [0.4, 0.5) is 0 Å². The second kappa shape index (κ2) is 4.00. The highest BCUT2D eigenvalue weighted by Gasteiger charge is 2.19. The first-order valence-corrected chi connectivity index (χ1v) is 3.77. The van der Waals surface area contributed by atoms with E-state index in [1.165, 1.54) is 18.3 Å². The molecule has 1 heterocycles. The van der Waals surface area contributed by atoms with E-state index in [4.69, 9.17) is 11.6 Å². The molecule has 0 unspecified atom stereocenters. The van der Waals surface area contributed by atoms with Crippen molar-refractivity contribution >= 4 is 23.4 Å². The number of aromatic nitrogens is 1. The van der Waals surface area contributed by atoms with Crippen LogP contribution in [0.3, 0.4) is 0 Å². The normalized spacial score (nSPS) is 9.38. The molecule has 0 N–H and O–H groups in total. The molecule has 0 fully saturated rings. The van der Waals surface area contributed by atoms with Gasteiger partial charge in [0.05, 0.1) is 12.7 Å². The molecular formula is C8H6ClNO3. The van der Waals surface area contributed by atoms with Crippen LogP contribution in [0, 0.1) is 0 Å². The van der Waals surface area contributed by atoms with E-state index in [1.807, 2.05) is 0 Å². The van der Waals surface area contributed by atoms with Gasteiger partial charge in [-0.2, -0.15) is 0 Å². The highest BCUT2D eigenvalue weighted by atomic mass is 35.5. The Hall–Kier alpha value is -1.42. The van der Waals surface area contributed by atoms with E-state index in [2.05, 4.69) is 9.72 Å². The van der Waals surface area contributed by atoms with Gasteiger partial charge in [0.2, 0.25) is 0 Å². The fraction of sp³-hybridized carbons (Fsp3) is 0.125. The first-order valence-electron chi connectivity index (χ1n) is 3.40. The molecule has 0 aliphatic rings. The summed E-state index contributed by atoms with van der Waals surface area (Å²) in [5, 5.41) is -0.00194. The molecule has 5 heteroatoms. The lowest BCUT2D eigenvalue weighted by Gasteiger charge is -1.99. The summed E-state index contributed by atoms with van der Waals surface area (Å²) in [5.41, 5.74) is 0.0519. The number of hydrogen-bond acceptors (Lipinski definition) is 4. The van der Waals surface area contributed by atoms with Gasteiger partial charge in [0, 0.05) is 6.20 Å². The van der Waals surface area contributed by atoms with E-state index in [9.17, 15) is 9.59 Å². The van der Waals surface area contributed by atoms with Gasteiger partial charge in [0.25, 0.3) is 5.78 Å². The Morgan fingerprint density at radius 3 is 2.77 bits per heavy atom. The maximum Gasteiger partial charge on any atom is 0.379 e. The second-order valence-electron chi connectivity index (χ2n) is 2.16. The van der Waals surface area contributed by atoms with Gasteiger partial charge in [-0.25, -0.2) is 9.78 Å². The number of pyridine rings is 1. The molecule has 0 spiro atoms. The molecule has 1 aromatic rings. The number of Topliss-reactive ketones (excluding diaryl/α,β-unsaturated/α-hetero) is 1. The summed E-state index contributed by atoms with van der Waals surface area (Å²) in [6, 6.07) is 2.93. The highest BCUT2D eigenvalue weighted by Crippen LogP contribution is 2.12.